The van der Waals surface area contributed by atoms with E-state index in [2.05, 4.69) is 10.6 Å². The Morgan fingerprint density at radius 2 is 1.45 bits per heavy atom. The highest BCUT2D eigenvalue weighted by Gasteiger charge is 2.12. The fourth-order valence-electron chi connectivity index (χ4n) is 3.30. The summed E-state index contributed by atoms with van der Waals surface area (Å²) in [5.74, 6) is -0.294. The van der Waals surface area contributed by atoms with Gasteiger partial charge in [0, 0.05) is 39.0 Å². The maximum absolute atomic E-state index is 12.6. The van der Waals surface area contributed by atoms with E-state index < -0.39 is 0 Å². The van der Waals surface area contributed by atoms with Gasteiger partial charge >= 0.3 is 5.69 Å². The molecule has 7 nitrogen and oxygen atoms in total. The lowest BCUT2D eigenvalue weighted by atomic mass is 10.2. The van der Waals surface area contributed by atoms with Crippen LogP contribution < -0.4 is 16.3 Å². The molecule has 0 saturated carbocycles. The highest BCUT2D eigenvalue weighted by atomic mass is 16.2. The van der Waals surface area contributed by atoms with E-state index in [0.29, 0.717) is 19.6 Å². The number of hydrogen-bond acceptors (Lipinski definition) is 3. The fraction of sp³-hybridized carbons (Fsp3) is 0.318. The highest BCUT2D eigenvalue weighted by molar-refractivity contribution is 5.79. The maximum atomic E-state index is 12.6. The Morgan fingerprint density at radius 1 is 0.828 bits per heavy atom. The molecule has 0 bridgehead atoms. The molecule has 0 aliphatic carbocycles. The third-order valence-corrected chi connectivity index (χ3v) is 4.81. The third-order valence-electron chi connectivity index (χ3n) is 4.81. The van der Waals surface area contributed by atoms with Gasteiger partial charge in [-0.1, -0.05) is 42.5 Å². The number of nitrogens with one attached hydrogen (secondary N) is 2. The first kappa shape index (κ1) is 20.4. The summed E-state index contributed by atoms with van der Waals surface area (Å²) in [5.41, 5.74) is 2.62. The number of fused-ring (bicyclic) bond motifs is 1. The molecule has 29 heavy (non-hydrogen) atoms. The topological polar surface area (TPSA) is 85.1 Å². The van der Waals surface area contributed by atoms with Gasteiger partial charge in [-0.3, -0.25) is 18.7 Å². The summed E-state index contributed by atoms with van der Waals surface area (Å²) < 4.78 is 3.33. The van der Waals surface area contributed by atoms with E-state index in [1.54, 1.807) is 9.13 Å². The van der Waals surface area contributed by atoms with E-state index in [-0.39, 0.29) is 36.9 Å². The molecule has 2 amide bonds. The van der Waals surface area contributed by atoms with E-state index in [0.717, 1.165) is 16.6 Å². The molecule has 2 N–H and O–H groups in total. The van der Waals surface area contributed by atoms with E-state index in [9.17, 15) is 14.4 Å². The van der Waals surface area contributed by atoms with Gasteiger partial charge in [0.25, 0.3) is 0 Å². The van der Waals surface area contributed by atoms with Crippen molar-refractivity contribution in [1.82, 2.24) is 19.8 Å². The summed E-state index contributed by atoms with van der Waals surface area (Å²) >= 11 is 0. The minimum absolute atomic E-state index is 0.109. The summed E-state index contributed by atoms with van der Waals surface area (Å²) in [7, 11) is 0. The number of benzene rings is 2. The van der Waals surface area contributed by atoms with Gasteiger partial charge in [-0.25, -0.2) is 4.79 Å². The molecular weight excluding hydrogens is 368 g/mol. The molecule has 0 atom stereocenters. The van der Waals surface area contributed by atoms with Crippen LogP contribution in [0.2, 0.25) is 0 Å². The molecule has 0 spiro atoms. The standard InChI is InChI=1S/C22H26N4O3/c1-2-25-18-10-6-7-11-19(18)26(22(25)29)15-13-21(28)23-14-12-20(27)24-16-17-8-4-3-5-9-17/h3-11H,2,12-16H2,1H3,(H,23,28)(H,24,27). The Labute approximate surface area is 169 Å². The number of para-hydroxylation sites is 2. The molecule has 0 unspecified atom stereocenters. The number of carbonyl (C=O) groups excluding carboxylic acids is 2. The minimum Gasteiger partial charge on any atom is -0.356 e. The summed E-state index contributed by atoms with van der Waals surface area (Å²) in [6.07, 6.45) is 0.400. The molecule has 0 saturated heterocycles. The van der Waals surface area contributed by atoms with Gasteiger partial charge in [0.05, 0.1) is 11.0 Å². The molecule has 3 rings (SSSR count). The third kappa shape index (κ3) is 5.13. The largest absolute Gasteiger partial charge is 0.356 e. The second kappa shape index (κ2) is 9.73. The predicted molar refractivity (Wildman–Crippen MR) is 112 cm³/mol. The van der Waals surface area contributed by atoms with Crippen LogP contribution >= 0.6 is 0 Å². The first-order valence-corrected chi connectivity index (χ1v) is 9.85. The molecule has 1 aromatic heterocycles. The summed E-state index contributed by atoms with van der Waals surface area (Å²) in [5, 5.41) is 5.58. The Bertz CT molecular complexity index is 1040. The van der Waals surface area contributed by atoms with Crippen LogP contribution in [0.5, 0.6) is 0 Å². The normalized spacial score (nSPS) is 10.8. The maximum Gasteiger partial charge on any atom is 0.329 e. The molecule has 0 fully saturated rings. The van der Waals surface area contributed by atoms with Crippen molar-refractivity contribution in [2.45, 2.75) is 39.4 Å². The zero-order chi connectivity index (χ0) is 20.6. The Hall–Kier alpha value is -3.35. The van der Waals surface area contributed by atoms with Gasteiger partial charge in [-0.05, 0) is 24.6 Å². The zero-order valence-electron chi connectivity index (χ0n) is 16.6. The summed E-state index contributed by atoms with van der Waals surface area (Å²) in [4.78, 5) is 36.6. The Morgan fingerprint density at radius 3 is 2.14 bits per heavy atom. The predicted octanol–water partition coefficient (Wildman–Crippen LogP) is 2.04. The van der Waals surface area contributed by atoms with Crippen LogP contribution in [-0.4, -0.2) is 27.5 Å². The van der Waals surface area contributed by atoms with Crippen molar-refractivity contribution >= 4 is 22.8 Å². The van der Waals surface area contributed by atoms with Crippen molar-refractivity contribution < 1.29 is 9.59 Å². The van der Waals surface area contributed by atoms with Crippen molar-refractivity contribution in [1.29, 1.82) is 0 Å². The highest BCUT2D eigenvalue weighted by Crippen LogP contribution is 2.12. The Balaban J connectivity index is 1.45. The van der Waals surface area contributed by atoms with Crippen LogP contribution in [0.1, 0.15) is 25.3 Å². The monoisotopic (exact) mass is 394 g/mol. The van der Waals surface area contributed by atoms with Crippen molar-refractivity contribution in [2.75, 3.05) is 6.54 Å². The number of nitrogens with zero attached hydrogens (tertiary/aromatic N) is 2. The van der Waals surface area contributed by atoms with Crippen molar-refractivity contribution in [3.63, 3.8) is 0 Å². The number of carbonyl (C=O) groups is 2. The number of aryl methyl sites for hydroxylation is 2. The van der Waals surface area contributed by atoms with Gasteiger partial charge in [0.1, 0.15) is 0 Å². The van der Waals surface area contributed by atoms with E-state index in [4.69, 9.17) is 0 Å². The quantitative estimate of drug-likeness (QED) is 0.582. The molecule has 152 valence electrons. The lowest BCUT2D eigenvalue weighted by Gasteiger charge is -2.07. The van der Waals surface area contributed by atoms with Crippen LogP contribution in [0, 0.1) is 0 Å². The van der Waals surface area contributed by atoms with Gasteiger partial charge in [0.15, 0.2) is 0 Å². The number of amides is 2. The average molecular weight is 394 g/mol. The molecule has 2 aromatic carbocycles. The molecule has 0 radical (unpaired) electrons. The summed E-state index contributed by atoms with van der Waals surface area (Å²) in [6.45, 7) is 3.55. The van der Waals surface area contributed by atoms with Gasteiger partial charge in [-0.2, -0.15) is 0 Å². The smallest absolute Gasteiger partial charge is 0.329 e. The van der Waals surface area contributed by atoms with Crippen molar-refractivity contribution in [2.24, 2.45) is 0 Å². The lowest BCUT2D eigenvalue weighted by Crippen LogP contribution is -2.32. The molecule has 3 aromatic rings. The van der Waals surface area contributed by atoms with Gasteiger partial charge in [-0.15, -0.1) is 0 Å². The van der Waals surface area contributed by atoms with Crippen LogP contribution in [0.25, 0.3) is 11.0 Å². The molecule has 0 aliphatic rings. The molecular formula is C22H26N4O3. The second-order valence-electron chi connectivity index (χ2n) is 6.78. The van der Waals surface area contributed by atoms with E-state index in [1.807, 2.05) is 61.5 Å². The first-order chi connectivity index (χ1) is 14.1. The summed E-state index contributed by atoms with van der Waals surface area (Å²) in [6, 6.07) is 17.2. The molecule has 0 aliphatic heterocycles. The van der Waals surface area contributed by atoms with Gasteiger partial charge in [0.2, 0.25) is 11.8 Å². The minimum atomic E-state index is -0.180. The number of hydrogen-bond donors (Lipinski definition) is 2. The van der Waals surface area contributed by atoms with Crippen molar-refractivity contribution in [3.05, 3.63) is 70.6 Å². The number of imidazole rings is 1. The van der Waals surface area contributed by atoms with E-state index in [1.165, 1.54) is 0 Å². The van der Waals surface area contributed by atoms with Crippen LogP contribution in [-0.2, 0) is 29.2 Å². The van der Waals surface area contributed by atoms with Crippen LogP contribution in [0.3, 0.4) is 0 Å². The number of rotatable bonds is 9. The SMILES string of the molecule is CCn1c(=O)n(CCC(=O)NCCC(=O)NCc2ccccc2)c2ccccc21. The molecule has 1 heterocycles. The van der Waals surface area contributed by atoms with Crippen LogP contribution in [0.4, 0.5) is 0 Å². The van der Waals surface area contributed by atoms with Crippen molar-refractivity contribution in [3.8, 4) is 0 Å². The second-order valence-corrected chi connectivity index (χ2v) is 6.78. The number of aromatic nitrogens is 2. The van der Waals surface area contributed by atoms with Crippen LogP contribution in [0.15, 0.2) is 59.4 Å². The fourth-order valence-corrected chi connectivity index (χ4v) is 3.30. The zero-order valence-corrected chi connectivity index (χ0v) is 16.6. The molecule has 7 heteroatoms. The van der Waals surface area contributed by atoms with E-state index >= 15 is 0 Å². The Kier molecular flexibility index (Phi) is 6.84. The first-order valence-electron chi connectivity index (χ1n) is 9.85. The van der Waals surface area contributed by atoms with Gasteiger partial charge < -0.3 is 10.6 Å². The lowest BCUT2D eigenvalue weighted by molar-refractivity contribution is -0.122. The average Bonchev–Trinajstić information content (AvgIpc) is 3.02.